The second-order valence-electron chi connectivity index (χ2n) is 5.40. The molecule has 0 saturated carbocycles. The van der Waals surface area contributed by atoms with Crippen molar-refractivity contribution in [3.8, 4) is 17.2 Å². The number of aryl methyl sites for hydroxylation is 1. The van der Waals surface area contributed by atoms with Crippen molar-refractivity contribution in [3.63, 3.8) is 0 Å². The molecule has 0 unspecified atom stereocenters. The molecule has 0 spiro atoms. The number of carbonyl (C=O) groups is 1. The van der Waals surface area contributed by atoms with E-state index in [1.54, 1.807) is 24.3 Å². The lowest BCUT2D eigenvalue weighted by Gasteiger charge is -2.14. The third-order valence-corrected chi connectivity index (χ3v) is 3.77. The summed E-state index contributed by atoms with van der Waals surface area (Å²) in [6, 6.07) is 9.58. The van der Waals surface area contributed by atoms with Crippen LogP contribution in [0.2, 0.25) is 0 Å². The number of rotatable bonds is 8. The summed E-state index contributed by atoms with van der Waals surface area (Å²) in [6.07, 6.45) is 1.51. The van der Waals surface area contributed by atoms with Gasteiger partial charge < -0.3 is 19.5 Å². The molecule has 0 saturated heterocycles. The van der Waals surface area contributed by atoms with Crippen LogP contribution >= 0.6 is 0 Å². The minimum atomic E-state index is -0.251. The predicted octanol–water partition coefficient (Wildman–Crippen LogP) is 3.21. The number of hydrogen-bond acceptors (Lipinski definition) is 4. The Kier molecular flexibility index (Phi) is 6.62. The smallest absolute Gasteiger partial charge is 0.251 e. The zero-order valence-electron chi connectivity index (χ0n) is 14.6. The van der Waals surface area contributed by atoms with E-state index in [0.717, 1.165) is 18.4 Å². The molecule has 1 N–H and O–H groups in total. The highest BCUT2D eigenvalue weighted by Gasteiger charge is 2.16. The minimum absolute atomic E-state index is 0.224. The van der Waals surface area contributed by atoms with Gasteiger partial charge in [0.25, 0.3) is 5.91 Å². The van der Waals surface area contributed by atoms with Crippen LogP contribution < -0.4 is 19.5 Å². The Morgan fingerprint density at radius 2 is 1.60 bits per heavy atom. The number of hydrogen-bond donors (Lipinski definition) is 1. The molecular formula is C19H22FNO4. The molecule has 0 aliphatic heterocycles. The molecule has 0 aromatic heterocycles. The van der Waals surface area contributed by atoms with E-state index in [1.165, 1.54) is 33.5 Å². The van der Waals surface area contributed by atoms with Gasteiger partial charge in [-0.15, -0.1) is 0 Å². The summed E-state index contributed by atoms with van der Waals surface area (Å²) in [4.78, 5) is 12.3. The molecule has 2 rings (SSSR count). The van der Waals surface area contributed by atoms with E-state index in [-0.39, 0.29) is 11.7 Å². The number of methoxy groups -OCH3 is 3. The fraction of sp³-hybridized carbons (Fsp3) is 0.316. The second-order valence-corrected chi connectivity index (χ2v) is 5.40. The summed E-state index contributed by atoms with van der Waals surface area (Å²) in [7, 11) is 4.51. The van der Waals surface area contributed by atoms with Crippen LogP contribution in [0, 0.1) is 5.82 Å². The molecule has 25 heavy (non-hydrogen) atoms. The fourth-order valence-electron chi connectivity index (χ4n) is 2.46. The Labute approximate surface area is 146 Å². The van der Waals surface area contributed by atoms with Crippen LogP contribution in [-0.2, 0) is 6.42 Å². The van der Waals surface area contributed by atoms with E-state index in [4.69, 9.17) is 14.2 Å². The van der Waals surface area contributed by atoms with E-state index in [9.17, 15) is 9.18 Å². The number of amides is 1. The zero-order valence-corrected chi connectivity index (χ0v) is 14.6. The van der Waals surface area contributed by atoms with Gasteiger partial charge in [-0.25, -0.2) is 4.39 Å². The van der Waals surface area contributed by atoms with Crippen LogP contribution in [0.3, 0.4) is 0 Å². The number of halogens is 1. The van der Waals surface area contributed by atoms with E-state index >= 15 is 0 Å². The highest BCUT2D eigenvalue weighted by atomic mass is 19.1. The number of ether oxygens (including phenoxy) is 3. The first-order chi connectivity index (χ1) is 12.1. The monoisotopic (exact) mass is 347 g/mol. The average molecular weight is 347 g/mol. The SMILES string of the molecule is COc1cc(C(=O)NCCCc2ccc(F)cc2)cc(OC)c1OC. The van der Waals surface area contributed by atoms with Gasteiger partial charge >= 0.3 is 0 Å². The summed E-state index contributed by atoms with van der Waals surface area (Å²) in [5.74, 6) is 0.826. The third kappa shape index (κ3) is 4.86. The van der Waals surface area contributed by atoms with E-state index in [2.05, 4.69) is 5.32 Å². The first-order valence-electron chi connectivity index (χ1n) is 7.91. The van der Waals surface area contributed by atoms with Gasteiger partial charge in [0.2, 0.25) is 5.75 Å². The van der Waals surface area contributed by atoms with Crippen molar-refractivity contribution < 1.29 is 23.4 Å². The maximum Gasteiger partial charge on any atom is 0.251 e. The molecule has 1 amide bonds. The maximum atomic E-state index is 12.9. The van der Waals surface area contributed by atoms with Crippen LogP contribution in [0.5, 0.6) is 17.2 Å². The van der Waals surface area contributed by atoms with Gasteiger partial charge in [0, 0.05) is 12.1 Å². The van der Waals surface area contributed by atoms with Crippen molar-refractivity contribution in [1.82, 2.24) is 5.32 Å². The Hall–Kier alpha value is -2.76. The highest BCUT2D eigenvalue weighted by Crippen LogP contribution is 2.38. The number of nitrogens with one attached hydrogen (secondary N) is 1. The van der Waals surface area contributed by atoms with Crippen molar-refractivity contribution in [3.05, 3.63) is 53.3 Å². The molecule has 134 valence electrons. The molecule has 6 heteroatoms. The summed E-state index contributed by atoms with van der Waals surface area (Å²) in [6.45, 7) is 0.507. The van der Waals surface area contributed by atoms with Crippen molar-refractivity contribution in [1.29, 1.82) is 0 Å². The predicted molar refractivity (Wildman–Crippen MR) is 93.2 cm³/mol. The van der Waals surface area contributed by atoms with Gasteiger partial charge in [-0.3, -0.25) is 4.79 Å². The van der Waals surface area contributed by atoms with E-state index in [1.807, 2.05) is 0 Å². The van der Waals surface area contributed by atoms with E-state index in [0.29, 0.717) is 29.4 Å². The molecule has 0 aliphatic carbocycles. The minimum Gasteiger partial charge on any atom is -0.493 e. The van der Waals surface area contributed by atoms with Crippen LogP contribution in [0.1, 0.15) is 22.3 Å². The summed E-state index contributed by atoms with van der Waals surface area (Å²) in [5.41, 5.74) is 1.46. The third-order valence-electron chi connectivity index (χ3n) is 3.77. The topological polar surface area (TPSA) is 56.8 Å². The molecule has 0 heterocycles. The fourth-order valence-corrected chi connectivity index (χ4v) is 2.46. The van der Waals surface area contributed by atoms with Gasteiger partial charge in [-0.05, 0) is 42.7 Å². The average Bonchev–Trinajstić information content (AvgIpc) is 2.65. The molecule has 0 atom stereocenters. The largest absolute Gasteiger partial charge is 0.493 e. The van der Waals surface area contributed by atoms with Crippen LogP contribution in [-0.4, -0.2) is 33.8 Å². The first kappa shape index (κ1) is 18.6. The quantitative estimate of drug-likeness (QED) is 0.745. The van der Waals surface area contributed by atoms with Gasteiger partial charge in [0.05, 0.1) is 21.3 Å². The maximum absolute atomic E-state index is 12.9. The molecule has 0 fully saturated rings. The van der Waals surface area contributed by atoms with Crippen molar-refractivity contribution >= 4 is 5.91 Å². The molecule has 2 aromatic rings. The van der Waals surface area contributed by atoms with Crippen LogP contribution in [0.15, 0.2) is 36.4 Å². The molecule has 0 aliphatic rings. The lowest BCUT2D eigenvalue weighted by Crippen LogP contribution is -2.24. The van der Waals surface area contributed by atoms with Crippen molar-refractivity contribution in [2.45, 2.75) is 12.8 Å². The van der Waals surface area contributed by atoms with Crippen molar-refractivity contribution in [2.24, 2.45) is 0 Å². The van der Waals surface area contributed by atoms with Gasteiger partial charge in [-0.2, -0.15) is 0 Å². The number of benzene rings is 2. The lowest BCUT2D eigenvalue weighted by atomic mass is 10.1. The number of carbonyl (C=O) groups excluding carboxylic acids is 1. The molecule has 0 bridgehead atoms. The standard InChI is InChI=1S/C19H22FNO4/c1-23-16-11-14(12-17(24-2)18(16)25-3)19(22)21-10-4-5-13-6-8-15(20)9-7-13/h6-9,11-12H,4-5,10H2,1-3H3,(H,21,22). The molecular weight excluding hydrogens is 325 g/mol. The van der Waals surface area contributed by atoms with E-state index < -0.39 is 0 Å². The summed E-state index contributed by atoms with van der Waals surface area (Å²) < 4.78 is 28.6. The zero-order chi connectivity index (χ0) is 18.2. The molecule has 5 nitrogen and oxygen atoms in total. The summed E-state index contributed by atoms with van der Waals surface area (Å²) in [5, 5.41) is 2.86. The second kappa shape index (κ2) is 8.92. The Morgan fingerprint density at radius 1 is 1.00 bits per heavy atom. The van der Waals surface area contributed by atoms with Gasteiger partial charge in [0.15, 0.2) is 11.5 Å². The lowest BCUT2D eigenvalue weighted by molar-refractivity contribution is 0.0952. The van der Waals surface area contributed by atoms with Gasteiger partial charge in [0.1, 0.15) is 5.82 Å². The van der Waals surface area contributed by atoms with Crippen LogP contribution in [0.25, 0.3) is 0 Å². The Morgan fingerprint density at radius 3 is 2.12 bits per heavy atom. The van der Waals surface area contributed by atoms with Crippen molar-refractivity contribution in [2.75, 3.05) is 27.9 Å². The Balaban J connectivity index is 1.95. The Bertz CT molecular complexity index is 691. The van der Waals surface area contributed by atoms with Gasteiger partial charge in [-0.1, -0.05) is 12.1 Å². The van der Waals surface area contributed by atoms with Crippen LogP contribution in [0.4, 0.5) is 4.39 Å². The molecule has 0 radical (unpaired) electrons. The molecule has 2 aromatic carbocycles. The summed E-state index contributed by atoms with van der Waals surface area (Å²) >= 11 is 0. The normalized spacial score (nSPS) is 10.2. The highest BCUT2D eigenvalue weighted by molar-refractivity contribution is 5.95. The first-order valence-corrected chi connectivity index (χ1v) is 7.91.